The molecule has 1 aromatic heterocycles. The lowest BCUT2D eigenvalue weighted by Crippen LogP contribution is -2.40. The molecule has 1 atom stereocenters. The first-order valence-electron chi connectivity index (χ1n) is 9.36. The highest BCUT2D eigenvalue weighted by atomic mass is 35.5. The van der Waals surface area contributed by atoms with Crippen molar-refractivity contribution in [3.8, 4) is 5.75 Å². The number of nitrogens with one attached hydrogen (secondary N) is 2. The molecular weight excluding hydrogens is 404 g/mol. The first-order chi connectivity index (χ1) is 14.4. The molecule has 1 heterocycles. The van der Waals surface area contributed by atoms with Crippen LogP contribution in [0.1, 0.15) is 33.2 Å². The van der Waals surface area contributed by atoms with Gasteiger partial charge in [-0.1, -0.05) is 54.1 Å². The topological polar surface area (TPSA) is 85.2 Å². The van der Waals surface area contributed by atoms with Gasteiger partial charge in [-0.05, 0) is 30.2 Å². The van der Waals surface area contributed by atoms with Crippen molar-refractivity contribution in [1.82, 2.24) is 20.4 Å². The summed E-state index contributed by atoms with van der Waals surface area (Å²) in [5, 5.41) is 10.0. The van der Waals surface area contributed by atoms with E-state index in [-0.39, 0.29) is 16.6 Å². The van der Waals surface area contributed by atoms with Gasteiger partial charge >= 0.3 is 0 Å². The zero-order chi connectivity index (χ0) is 21.7. The maximum Gasteiger partial charge on any atom is 0.257 e. The maximum absolute atomic E-state index is 13.0. The molecule has 0 aliphatic heterocycles. The Kier molecular flexibility index (Phi) is 6.74. The molecule has 0 fully saturated rings. The second-order valence-corrected chi connectivity index (χ2v) is 7.12. The first kappa shape index (κ1) is 21.4. The third kappa shape index (κ3) is 4.80. The Morgan fingerprint density at radius 2 is 1.80 bits per heavy atom. The highest BCUT2D eigenvalue weighted by molar-refractivity contribution is 6.33. The van der Waals surface area contributed by atoms with E-state index in [0.717, 1.165) is 11.3 Å². The molecule has 2 N–H and O–H groups in total. The van der Waals surface area contributed by atoms with E-state index < -0.39 is 11.9 Å². The molecule has 7 nitrogen and oxygen atoms in total. The van der Waals surface area contributed by atoms with E-state index in [1.807, 2.05) is 42.5 Å². The van der Waals surface area contributed by atoms with Gasteiger partial charge < -0.3 is 15.4 Å². The Hall–Kier alpha value is -3.32. The number of rotatable bonds is 7. The molecule has 8 heteroatoms. The van der Waals surface area contributed by atoms with Crippen LogP contribution < -0.4 is 15.4 Å². The Morgan fingerprint density at radius 3 is 2.37 bits per heavy atom. The number of hydrogen-bond donors (Lipinski definition) is 2. The molecule has 156 valence electrons. The third-order valence-electron chi connectivity index (χ3n) is 4.68. The minimum Gasteiger partial charge on any atom is -0.497 e. The molecule has 0 saturated heterocycles. The van der Waals surface area contributed by atoms with Gasteiger partial charge in [-0.2, -0.15) is 5.10 Å². The predicted octanol–water partition coefficient (Wildman–Crippen LogP) is 3.18. The molecular formula is C22H23ClN4O3. The Bertz CT molecular complexity index is 1030. The average molecular weight is 427 g/mol. The number of nitrogens with zero attached hydrogens (tertiary/aromatic N) is 2. The van der Waals surface area contributed by atoms with Gasteiger partial charge in [0.1, 0.15) is 16.9 Å². The van der Waals surface area contributed by atoms with E-state index in [2.05, 4.69) is 15.7 Å². The van der Waals surface area contributed by atoms with Crippen LogP contribution in [0.5, 0.6) is 5.75 Å². The van der Waals surface area contributed by atoms with Gasteiger partial charge in [-0.3, -0.25) is 14.3 Å². The zero-order valence-electron chi connectivity index (χ0n) is 17.0. The van der Waals surface area contributed by atoms with E-state index in [1.54, 1.807) is 33.2 Å². The molecule has 3 rings (SSSR count). The largest absolute Gasteiger partial charge is 0.497 e. The van der Waals surface area contributed by atoms with Crippen LogP contribution in [0.3, 0.4) is 0 Å². The number of methoxy groups -OCH3 is 1. The summed E-state index contributed by atoms with van der Waals surface area (Å²) < 4.78 is 6.57. The summed E-state index contributed by atoms with van der Waals surface area (Å²) in [5.74, 6) is -0.0506. The van der Waals surface area contributed by atoms with Crippen LogP contribution in [-0.2, 0) is 18.4 Å². The van der Waals surface area contributed by atoms with Crippen LogP contribution in [-0.4, -0.2) is 28.7 Å². The van der Waals surface area contributed by atoms with Crippen LogP contribution in [0.25, 0.3) is 0 Å². The molecule has 0 saturated carbocycles. The van der Waals surface area contributed by atoms with Crippen molar-refractivity contribution in [3.05, 3.63) is 82.1 Å². The summed E-state index contributed by atoms with van der Waals surface area (Å²) in [5.41, 5.74) is 2.32. The second-order valence-electron chi connectivity index (χ2n) is 6.76. The third-order valence-corrected chi connectivity index (χ3v) is 5.11. The number of carbonyl (C=O) groups is 2. The average Bonchev–Trinajstić information content (AvgIpc) is 3.02. The minimum atomic E-state index is -0.882. The summed E-state index contributed by atoms with van der Waals surface area (Å²) in [6, 6.07) is 15.6. The summed E-state index contributed by atoms with van der Waals surface area (Å²) >= 11 is 6.21. The monoisotopic (exact) mass is 426 g/mol. The molecule has 3 aromatic rings. The Balaban J connectivity index is 1.78. The number of ether oxygens (including phenoxy) is 1. The van der Waals surface area contributed by atoms with Gasteiger partial charge in [0.2, 0.25) is 5.91 Å². The van der Waals surface area contributed by atoms with E-state index in [1.165, 1.54) is 4.68 Å². The summed E-state index contributed by atoms with van der Waals surface area (Å²) in [6.07, 6.45) is 0. The van der Waals surface area contributed by atoms with Crippen molar-refractivity contribution < 1.29 is 14.3 Å². The van der Waals surface area contributed by atoms with Crippen LogP contribution in [0.4, 0.5) is 0 Å². The number of carbonyl (C=O) groups excluding carboxylic acids is 2. The van der Waals surface area contributed by atoms with E-state index >= 15 is 0 Å². The van der Waals surface area contributed by atoms with Gasteiger partial charge in [-0.25, -0.2) is 0 Å². The van der Waals surface area contributed by atoms with Crippen LogP contribution in [0.2, 0.25) is 5.15 Å². The lowest BCUT2D eigenvalue weighted by atomic mass is 10.1. The fraction of sp³-hybridized carbons (Fsp3) is 0.227. The summed E-state index contributed by atoms with van der Waals surface area (Å²) in [7, 11) is 3.25. The van der Waals surface area contributed by atoms with Crippen molar-refractivity contribution in [2.24, 2.45) is 7.05 Å². The van der Waals surface area contributed by atoms with E-state index in [4.69, 9.17) is 16.3 Å². The van der Waals surface area contributed by atoms with Gasteiger partial charge in [0, 0.05) is 13.6 Å². The maximum atomic E-state index is 13.0. The normalized spacial score (nSPS) is 11.6. The van der Waals surface area contributed by atoms with Gasteiger partial charge in [0.15, 0.2) is 0 Å². The first-order valence-corrected chi connectivity index (χ1v) is 9.74. The van der Waals surface area contributed by atoms with Crippen LogP contribution in [0, 0.1) is 6.92 Å². The number of amides is 2. The van der Waals surface area contributed by atoms with Crippen molar-refractivity contribution in [1.29, 1.82) is 0 Å². The highest BCUT2D eigenvalue weighted by Gasteiger charge is 2.26. The number of benzene rings is 2. The molecule has 2 amide bonds. The molecule has 0 aliphatic carbocycles. The smallest absolute Gasteiger partial charge is 0.257 e. The lowest BCUT2D eigenvalue weighted by molar-refractivity contribution is -0.123. The zero-order valence-corrected chi connectivity index (χ0v) is 17.7. The lowest BCUT2D eigenvalue weighted by Gasteiger charge is -2.19. The van der Waals surface area contributed by atoms with Crippen molar-refractivity contribution in [2.75, 3.05) is 7.11 Å². The molecule has 0 aliphatic rings. The highest BCUT2D eigenvalue weighted by Crippen LogP contribution is 2.21. The van der Waals surface area contributed by atoms with E-state index in [0.29, 0.717) is 17.8 Å². The molecule has 0 unspecified atom stereocenters. The van der Waals surface area contributed by atoms with Crippen LogP contribution >= 0.6 is 11.6 Å². The fourth-order valence-corrected chi connectivity index (χ4v) is 3.33. The minimum absolute atomic E-state index is 0.218. The van der Waals surface area contributed by atoms with Gasteiger partial charge in [0.25, 0.3) is 5.91 Å². The summed E-state index contributed by atoms with van der Waals surface area (Å²) in [6.45, 7) is 2.01. The van der Waals surface area contributed by atoms with Crippen LogP contribution in [0.15, 0.2) is 54.6 Å². The quantitative estimate of drug-likeness (QED) is 0.607. The van der Waals surface area contributed by atoms with Crippen molar-refractivity contribution in [3.63, 3.8) is 0 Å². The van der Waals surface area contributed by atoms with Gasteiger partial charge in [-0.15, -0.1) is 0 Å². The van der Waals surface area contributed by atoms with Crippen molar-refractivity contribution >= 4 is 23.4 Å². The number of halogens is 1. The predicted molar refractivity (Wildman–Crippen MR) is 114 cm³/mol. The molecule has 0 bridgehead atoms. The van der Waals surface area contributed by atoms with Crippen molar-refractivity contribution in [2.45, 2.75) is 19.5 Å². The SMILES string of the molecule is COc1ccc(CNC(=O)[C@H](NC(=O)c2c(C)nn(C)c2Cl)c2ccccc2)cc1. The summed E-state index contributed by atoms with van der Waals surface area (Å²) in [4.78, 5) is 25.9. The molecule has 0 spiro atoms. The number of aromatic nitrogens is 2. The fourth-order valence-electron chi connectivity index (χ4n) is 3.07. The van der Waals surface area contributed by atoms with E-state index in [9.17, 15) is 9.59 Å². The number of hydrogen-bond acceptors (Lipinski definition) is 4. The Morgan fingerprint density at radius 1 is 1.13 bits per heavy atom. The second kappa shape index (κ2) is 9.45. The molecule has 30 heavy (non-hydrogen) atoms. The molecule has 2 aromatic carbocycles. The Labute approximate surface area is 180 Å². The standard InChI is InChI=1S/C22H23ClN4O3/c1-14-18(20(23)27(2)26-14)21(28)25-19(16-7-5-4-6-8-16)22(29)24-13-15-9-11-17(30-3)12-10-15/h4-12,19H,13H2,1-3H3,(H,24,29)(H,25,28)/t19-/m1/s1. The number of aryl methyl sites for hydroxylation is 2. The van der Waals surface area contributed by atoms with Gasteiger partial charge in [0.05, 0.1) is 18.4 Å². The molecule has 0 radical (unpaired) electrons.